The number of amides is 2. The number of carbonyl (C=O) groups excluding carboxylic acids is 1. The third-order valence-corrected chi connectivity index (χ3v) is 3.71. The summed E-state index contributed by atoms with van der Waals surface area (Å²) in [6, 6.07) is 17.1. The van der Waals surface area contributed by atoms with Gasteiger partial charge in [-0.1, -0.05) is 50.2 Å². The number of aromatic nitrogens is 1. The maximum atomic E-state index is 12.4. The average Bonchev–Trinajstić information content (AvgIpc) is 2.55. The summed E-state index contributed by atoms with van der Waals surface area (Å²) in [7, 11) is 0. The van der Waals surface area contributed by atoms with Gasteiger partial charge in [0.05, 0.1) is 11.2 Å². The van der Waals surface area contributed by atoms with E-state index in [9.17, 15) is 4.79 Å². The molecule has 3 rings (SSSR count). The van der Waals surface area contributed by atoms with Gasteiger partial charge in [-0.25, -0.2) is 4.79 Å². The first-order valence-electron chi connectivity index (χ1n) is 7.66. The second kappa shape index (κ2) is 6.48. The van der Waals surface area contributed by atoms with Gasteiger partial charge in [-0.05, 0) is 29.7 Å². The summed E-state index contributed by atoms with van der Waals surface area (Å²) in [5.74, 6) is 0.339. The third-order valence-electron chi connectivity index (χ3n) is 3.71. The van der Waals surface area contributed by atoms with Crippen LogP contribution in [0.3, 0.4) is 0 Å². The molecule has 0 spiro atoms. The number of urea groups is 1. The predicted molar refractivity (Wildman–Crippen MR) is 94.9 cm³/mol. The van der Waals surface area contributed by atoms with Crippen molar-refractivity contribution in [3.8, 4) is 0 Å². The fourth-order valence-corrected chi connectivity index (χ4v) is 2.60. The molecule has 0 bridgehead atoms. The minimum absolute atomic E-state index is 0.267. The first-order chi connectivity index (χ1) is 11.1. The van der Waals surface area contributed by atoms with E-state index in [1.54, 1.807) is 6.20 Å². The van der Waals surface area contributed by atoms with Crippen molar-refractivity contribution in [2.45, 2.75) is 19.8 Å². The summed E-state index contributed by atoms with van der Waals surface area (Å²) >= 11 is 0. The molecule has 1 aromatic heterocycles. The molecule has 4 heteroatoms. The molecule has 116 valence electrons. The van der Waals surface area contributed by atoms with Gasteiger partial charge in [-0.2, -0.15) is 0 Å². The first kappa shape index (κ1) is 15.0. The Balaban J connectivity index is 1.82. The largest absolute Gasteiger partial charge is 0.323 e. The molecule has 0 saturated heterocycles. The van der Waals surface area contributed by atoms with Crippen LogP contribution in [0.25, 0.3) is 10.9 Å². The number of pyridine rings is 1. The monoisotopic (exact) mass is 305 g/mol. The lowest BCUT2D eigenvalue weighted by Crippen LogP contribution is -2.20. The van der Waals surface area contributed by atoms with Gasteiger partial charge in [0, 0.05) is 17.3 Å². The summed E-state index contributed by atoms with van der Waals surface area (Å²) in [6.07, 6.45) is 1.72. The minimum atomic E-state index is -0.267. The second-order valence-corrected chi connectivity index (χ2v) is 5.70. The SMILES string of the molecule is CC(C)c1ccccc1NC(=O)Nc1cccc2cccnc12. The molecule has 2 amide bonds. The highest BCUT2D eigenvalue weighted by Crippen LogP contribution is 2.25. The summed E-state index contributed by atoms with van der Waals surface area (Å²) in [6.45, 7) is 4.21. The van der Waals surface area contributed by atoms with Crippen molar-refractivity contribution in [2.75, 3.05) is 10.6 Å². The molecule has 0 unspecified atom stereocenters. The number of fused-ring (bicyclic) bond motifs is 1. The van der Waals surface area contributed by atoms with E-state index >= 15 is 0 Å². The lowest BCUT2D eigenvalue weighted by atomic mass is 10.0. The highest BCUT2D eigenvalue weighted by atomic mass is 16.2. The van der Waals surface area contributed by atoms with Gasteiger partial charge < -0.3 is 10.6 Å². The molecule has 0 saturated carbocycles. The van der Waals surface area contributed by atoms with Crippen LogP contribution in [0.4, 0.5) is 16.2 Å². The van der Waals surface area contributed by atoms with Crippen LogP contribution >= 0.6 is 0 Å². The van der Waals surface area contributed by atoms with Crippen LogP contribution in [0.1, 0.15) is 25.3 Å². The molecule has 0 fully saturated rings. The second-order valence-electron chi connectivity index (χ2n) is 5.70. The van der Waals surface area contributed by atoms with E-state index in [4.69, 9.17) is 0 Å². The van der Waals surface area contributed by atoms with Crippen LogP contribution in [-0.4, -0.2) is 11.0 Å². The van der Waals surface area contributed by atoms with E-state index in [0.29, 0.717) is 11.6 Å². The molecule has 0 aliphatic carbocycles. The number of benzene rings is 2. The molecule has 1 heterocycles. The van der Waals surface area contributed by atoms with Gasteiger partial charge in [0.2, 0.25) is 0 Å². The summed E-state index contributed by atoms with van der Waals surface area (Å²) in [4.78, 5) is 16.7. The lowest BCUT2D eigenvalue weighted by Gasteiger charge is -2.14. The van der Waals surface area contributed by atoms with Crippen LogP contribution in [-0.2, 0) is 0 Å². The Bertz CT molecular complexity index is 837. The van der Waals surface area contributed by atoms with Gasteiger partial charge in [-0.15, -0.1) is 0 Å². The Morgan fingerprint density at radius 1 is 0.913 bits per heavy atom. The van der Waals surface area contributed by atoms with Gasteiger partial charge in [-0.3, -0.25) is 4.98 Å². The van der Waals surface area contributed by atoms with Gasteiger partial charge >= 0.3 is 6.03 Å². The van der Waals surface area contributed by atoms with Gasteiger partial charge in [0.25, 0.3) is 0 Å². The van der Waals surface area contributed by atoms with Crippen LogP contribution in [0.2, 0.25) is 0 Å². The summed E-state index contributed by atoms with van der Waals surface area (Å²) < 4.78 is 0. The smallest absolute Gasteiger partial charge is 0.307 e. The molecule has 0 atom stereocenters. The number of nitrogens with zero attached hydrogens (tertiary/aromatic N) is 1. The Kier molecular flexibility index (Phi) is 4.24. The minimum Gasteiger partial charge on any atom is -0.307 e. The number of anilines is 2. The van der Waals surface area contributed by atoms with Crippen molar-refractivity contribution in [3.05, 3.63) is 66.4 Å². The Hall–Kier alpha value is -2.88. The molecule has 23 heavy (non-hydrogen) atoms. The highest BCUT2D eigenvalue weighted by Gasteiger charge is 2.10. The standard InChI is InChI=1S/C19H19N3O/c1-13(2)15-9-3-4-10-16(15)21-19(23)22-17-11-5-7-14-8-6-12-20-18(14)17/h3-13H,1-2H3,(H2,21,22,23). The molecule has 0 radical (unpaired) electrons. The van der Waals surface area contributed by atoms with Crippen LogP contribution in [0.5, 0.6) is 0 Å². The van der Waals surface area contributed by atoms with Crippen molar-refractivity contribution in [1.82, 2.24) is 4.98 Å². The fourth-order valence-electron chi connectivity index (χ4n) is 2.60. The van der Waals surface area contributed by atoms with Crippen molar-refractivity contribution in [2.24, 2.45) is 0 Å². The molecule has 3 aromatic rings. The maximum Gasteiger partial charge on any atom is 0.323 e. The molecular formula is C19H19N3O. The van der Waals surface area contributed by atoms with E-state index in [1.807, 2.05) is 54.6 Å². The zero-order valence-corrected chi connectivity index (χ0v) is 13.2. The van der Waals surface area contributed by atoms with Crippen LogP contribution in [0.15, 0.2) is 60.8 Å². The fraction of sp³-hybridized carbons (Fsp3) is 0.158. The van der Waals surface area contributed by atoms with Crippen LogP contribution < -0.4 is 10.6 Å². The zero-order valence-electron chi connectivity index (χ0n) is 13.2. The predicted octanol–water partition coefficient (Wildman–Crippen LogP) is 5.00. The quantitative estimate of drug-likeness (QED) is 0.715. The summed E-state index contributed by atoms with van der Waals surface area (Å²) in [5.41, 5.74) is 3.41. The van der Waals surface area contributed by atoms with E-state index in [-0.39, 0.29) is 6.03 Å². The number of nitrogens with one attached hydrogen (secondary N) is 2. The van der Waals surface area contributed by atoms with Crippen LogP contribution in [0, 0.1) is 0 Å². The third kappa shape index (κ3) is 3.31. The summed E-state index contributed by atoms with van der Waals surface area (Å²) in [5, 5.41) is 6.81. The molecule has 0 aliphatic rings. The lowest BCUT2D eigenvalue weighted by molar-refractivity contribution is 0.262. The van der Waals surface area contributed by atoms with Crippen molar-refractivity contribution in [3.63, 3.8) is 0 Å². The Morgan fingerprint density at radius 3 is 2.43 bits per heavy atom. The maximum absolute atomic E-state index is 12.4. The molecule has 2 N–H and O–H groups in total. The first-order valence-corrected chi connectivity index (χ1v) is 7.66. The van der Waals surface area contributed by atoms with Gasteiger partial charge in [0.1, 0.15) is 0 Å². The topological polar surface area (TPSA) is 54.0 Å². The van der Waals surface area contributed by atoms with Crippen molar-refractivity contribution < 1.29 is 4.79 Å². The number of hydrogen-bond acceptors (Lipinski definition) is 2. The average molecular weight is 305 g/mol. The van der Waals surface area contributed by atoms with E-state index in [1.165, 1.54) is 0 Å². The number of rotatable bonds is 3. The number of hydrogen-bond donors (Lipinski definition) is 2. The van der Waals surface area contributed by atoms with Gasteiger partial charge in [0.15, 0.2) is 0 Å². The zero-order chi connectivity index (χ0) is 16.2. The van der Waals surface area contributed by atoms with E-state index < -0.39 is 0 Å². The number of carbonyl (C=O) groups is 1. The van der Waals surface area contributed by atoms with Crippen molar-refractivity contribution >= 4 is 28.3 Å². The highest BCUT2D eigenvalue weighted by molar-refractivity contribution is 6.05. The number of para-hydroxylation sites is 2. The molecule has 4 nitrogen and oxygen atoms in total. The molecule has 0 aliphatic heterocycles. The normalized spacial score (nSPS) is 10.7. The van der Waals surface area contributed by atoms with E-state index in [0.717, 1.165) is 22.2 Å². The van der Waals surface area contributed by atoms with E-state index in [2.05, 4.69) is 29.5 Å². The molecular weight excluding hydrogens is 286 g/mol. The van der Waals surface area contributed by atoms with Crippen molar-refractivity contribution in [1.29, 1.82) is 0 Å². The Labute approximate surface area is 135 Å². The molecule has 2 aromatic carbocycles. The Morgan fingerprint density at radius 2 is 1.61 bits per heavy atom.